The Morgan fingerprint density at radius 1 is 1.43 bits per heavy atom. The summed E-state index contributed by atoms with van der Waals surface area (Å²) in [5.41, 5.74) is 1.46. The summed E-state index contributed by atoms with van der Waals surface area (Å²) in [6.07, 6.45) is -2.00. The number of rotatable bonds is 6. The molecule has 148 valence electrons. The van der Waals surface area contributed by atoms with E-state index in [0.29, 0.717) is 12.1 Å². The first-order chi connectivity index (χ1) is 13.3. The summed E-state index contributed by atoms with van der Waals surface area (Å²) in [6, 6.07) is 6.49. The molecule has 6 nitrogen and oxygen atoms in total. The fourth-order valence-corrected chi connectivity index (χ4v) is 3.87. The molecule has 10 heteroatoms. The van der Waals surface area contributed by atoms with Crippen molar-refractivity contribution in [3.8, 4) is 5.06 Å². The number of fused-ring (bicyclic) bond motifs is 1. The zero-order valence-corrected chi connectivity index (χ0v) is 15.6. The lowest BCUT2D eigenvalue weighted by Gasteiger charge is -2.12. The molecule has 1 aliphatic carbocycles. The lowest BCUT2D eigenvalue weighted by atomic mass is 10.2. The zero-order valence-electron chi connectivity index (χ0n) is 14.8. The van der Waals surface area contributed by atoms with Crippen LogP contribution in [0.4, 0.5) is 13.2 Å². The summed E-state index contributed by atoms with van der Waals surface area (Å²) in [7, 11) is 0. The standard InChI is InChI=1S/C18H17F3N4O2S/c1-9(13-4-5-14(28-13)27-8-18(19,20)21)23-17(26)11-7-10(11)15-24-12-3-2-6-22-16(12)25-15/h2-6,9-11H,7-8H2,1H3,(H,23,26)(H,22,24,25)/t9-,10?,11?/m1/s1. The highest BCUT2D eigenvalue weighted by Crippen LogP contribution is 2.47. The summed E-state index contributed by atoms with van der Waals surface area (Å²) >= 11 is 1.09. The second-order valence-electron chi connectivity index (χ2n) is 6.73. The van der Waals surface area contributed by atoms with E-state index in [1.165, 1.54) is 6.07 Å². The van der Waals surface area contributed by atoms with Crippen molar-refractivity contribution in [1.29, 1.82) is 0 Å². The van der Waals surface area contributed by atoms with Gasteiger partial charge in [-0.25, -0.2) is 9.97 Å². The van der Waals surface area contributed by atoms with Crippen molar-refractivity contribution >= 4 is 28.4 Å². The summed E-state index contributed by atoms with van der Waals surface area (Å²) in [5.74, 6) is 0.497. The Morgan fingerprint density at radius 2 is 2.25 bits per heavy atom. The zero-order chi connectivity index (χ0) is 19.9. The molecule has 3 heterocycles. The van der Waals surface area contributed by atoms with Crippen molar-refractivity contribution in [2.75, 3.05) is 6.61 Å². The van der Waals surface area contributed by atoms with E-state index in [1.807, 2.05) is 6.07 Å². The van der Waals surface area contributed by atoms with E-state index in [1.54, 1.807) is 25.3 Å². The molecule has 0 radical (unpaired) electrons. The number of imidazole rings is 1. The molecular weight excluding hydrogens is 393 g/mol. The van der Waals surface area contributed by atoms with Crippen molar-refractivity contribution in [2.24, 2.45) is 5.92 Å². The average Bonchev–Trinajstić information content (AvgIpc) is 3.11. The van der Waals surface area contributed by atoms with Crippen LogP contribution in [0.25, 0.3) is 11.2 Å². The minimum absolute atomic E-state index is 0.0235. The van der Waals surface area contributed by atoms with E-state index < -0.39 is 12.8 Å². The number of thiophene rings is 1. The van der Waals surface area contributed by atoms with E-state index >= 15 is 0 Å². The monoisotopic (exact) mass is 410 g/mol. The van der Waals surface area contributed by atoms with Gasteiger partial charge < -0.3 is 15.0 Å². The van der Waals surface area contributed by atoms with Crippen LogP contribution in [0.15, 0.2) is 30.5 Å². The summed E-state index contributed by atoms with van der Waals surface area (Å²) in [6.45, 7) is 0.462. The second-order valence-corrected chi connectivity index (χ2v) is 7.81. The van der Waals surface area contributed by atoms with Crippen molar-refractivity contribution in [3.63, 3.8) is 0 Å². The van der Waals surface area contributed by atoms with Crippen molar-refractivity contribution in [1.82, 2.24) is 20.3 Å². The van der Waals surface area contributed by atoms with Gasteiger partial charge in [0.1, 0.15) is 11.3 Å². The third-order valence-corrected chi connectivity index (χ3v) is 5.70. The molecule has 0 bridgehead atoms. The van der Waals surface area contributed by atoms with Gasteiger partial charge in [0.25, 0.3) is 0 Å². The van der Waals surface area contributed by atoms with Crippen LogP contribution in [0.1, 0.15) is 36.0 Å². The number of carbonyl (C=O) groups is 1. The molecule has 1 aliphatic rings. The largest absolute Gasteiger partial charge is 0.475 e. The number of pyridine rings is 1. The molecule has 0 saturated heterocycles. The quantitative estimate of drug-likeness (QED) is 0.645. The smallest absolute Gasteiger partial charge is 0.422 e. The fraction of sp³-hybridized carbons (Fsp3) is 0.389. The minimum atomic E-state index is -4.38. The number of amides is 1. The number of hydrogen-bond acceptors (Lipinski definition) is 5. The van der Waals surface area contributed by atoms with Gasteiger partial charge in [0.05, 0.1) is 6.04 Å². The molecule has 2 N–H and O–H groups in total. The lowest BCUT2D eigenvalue weighted by Crippen LogP contribution is -2.28. The number of carbonyl (C=O) groups excluding carboxylic acids is 1. The topological polar surface area (TPSA) is 79.9 Å². The van der Waals surface area contributed by atoms with Gasteiger partial charge in [0, 0.05) is 22.9 Å². The number of nitrogens with zero attached hydrogens (tertiary/aromatic N) is 2. The van der Waals surface area contributed by atoms with Crippen LogP contribution in [0.5, 0.6) is 5.06 Å². The van der Waals surface area contributed by atoms with Gasteiger partial charge in [-0.3, -0.25) is 4.79 Å². The Labute approximate surface area is 162 Å². The minimum Gasteiger partial charge on any atom is -0.475 e. The van der Waals surface area contributed by atoms with Gasteiger partial charge in [-0.05, 0) is 37.6 Å². The van der Waals surface area contributed by atoms with Crippen molar-refractivity contribution in [3.05, 3.63) is 41.2 Å². The molecule has 1 fully saturated rings. The normalized spacial score (nSPS) is 20.1. The third-order valence-electron chi connectivity index (χ3n) is 4.52. The molecule has 1 amide bonds. The highest BCUT2D eigenvalue weighted by atomic mass is 32.1. The van der Waals surface area contributed by atoms with E-state index in [-0.39, 0.29) is 28.8 Å². The summed E-state index contributed by atoms with van der Waals surface area (Å²) in [5, 5.41) is 3.09. The number of alkyl halides is 3. The predicted molar refractivity (Wildman–Crippen MR) is 97.2 cm³/mol. The first-order valence-electron chi connectivity index (χ1n) is 8.70. The first kappa shape index (κ1) is 18.7. The number of H-pyrrole nitrogens is 1. The summed E-state index contributed by atoms with van der Waals surface area (Å²) < 4.78 is 41.4. The number of hydrogen-bond donors (Lipinski definition) is 2. The van der Waals surface area contributed by atoms with Gasteiger partial charge >= 0.3 is 6.18 Å². The van der Waals surface area contributed by atoms with Crippen LogP contribution in [0.2, 0.25) is 0 Å². The molecule has 0 aromatic carbocycles. The first-order valence-corrected chi connectivity index (χ1v) is 9.52. The van der Waals surface area contributed by atoms with Crippen LogP contribution in [-0.2, 0) is 4.79 Å². The van der Waals surface area contributed by atoms with Crippen LogP contribution in [0, 0.1) is 5.92 Å². The number of ether oxygens (including phenoxy) is 1. The maximum Gasteiger partial charge on any atom is 0.422 e. The van der Waals surface area contributed by atoms with E-state index in [9.17, 15) is 18.0 Å². The molecular formula is C18H17F3N4O2S. The molecule has 3 aromatic heterocycles. The van der Waals surface area contributed by atoms with Crippen molar-refractivity contribution in [2.45, 2.75) is 31.5 Å². The Kier molecular flexibility index (Phi) is 4.74. The van der Waals surface area contributed by atoms with Gasteiger partial charge in [0.2, 0.25) is 5.91 Å². The maximum absolute atomic E-state index is 12.5. The van der Waals surface area contributed by atoms with Crippen LogP contribution >= 0.6 is 11.3 Å². The fourth-order valence-electron chi connectivity index (χ4n) is 3.01. The van der Waals surface area contributed by atoms with Crippen molar-refractivity contribution < 1.29 is 22.7 Å². The molecule has 3 aromatic rings. The Morgan fingerprint density at radius 3 is 3.00 bits per heavy atom. The van der Waals surface area contributed by atoms with Crippen LogP contribution in [0.3, 0.4) is 0 Å². The highest BCUT2D eigenvalue weighted by Gasteiger charge is 2.46. The van der Waals surface area contributed by atoms with E-state index in [0.717, 1.165) is 27.6 Å². The van der Waals surface area contributed by atoms with Gasteiger partial charge in [-0.2, -0.15) is 13.2 Å². The predicted octanol–water partition coefficient (Wildman–Crippen LogP) is 3.94. The Balaban J connectivity index is 1.33. The SMILES string of the molecule is C[C@@H](NC(=O)C1CC1c1nc2cccnc2[nH]1)c1ccc(OCC(F)(F)F)s1. The molecule has 28 heavy (non-hydrogen) atoms. The highest BCUT2D eigenvalue weighted by molar-refractivity contribution is 7.13. The molecule has 1 saturated carbocycles. The maximum atomic E-state index is 12.5. The third kappa shape index (κ3) is 4.11. The number of halogens is 3. The van der Waals surface area contributed by atoms with Gasteiger partial charge in [-0.15, -0.1) is 11.3 Å². The number of aromatic amines is 1. The Bertz CT molecular complexity index is 967. The number of nitrogens with one attached hydrogen (secondary N) is 2. The van der Waals surface area contributed by atoms with E-state index in [4.69, 9.17) is 4.74 Å². The lowest BCUT2D eigenvalue weighted by molar-refractivity contribution is -0.152. The molecule has 0 spiro atoms. The molecule has 0 aliphatic heterocycles. The second kappa shape index (κ2) is 7.08. The summed E-state index contributed by atoms with van der Waals surface area (Å²) in [4.78, 5) is 25.1. The number of aromatic nitrogens is 3. The molecule has 2 unspecified atom stereocenters. The van der Waals surface area contributed by atoms with Gasteiger partial charge in [-0.1, -0.05) is 0 Å². The molecule has 3 atom stereocenters. The van der Waals surface area contributed by atoms with Gasteiger partial charge in [0.15, 0.2) is 17.3 Å². The Hall–Kier alpha value is -2.62. The van der Waals surface area contributed by atoms with Crippen LogP contribution < -0.4 is 10.1 Å². The average molecular weight is 410 g/mol. The van der Waals surface area contributed by atoms with E-state index in [2.05, 4.69) is 20.3 Å². The molecule has 4 rings (SSSR count). The van der Waals surface area contributed by atoms with Crippen LogP contribution in [-0.4, -0.2) is 33.6 Å².